The molecule has 2 aliphatic rings. The first-order chi connectivity index (χ1) is 10.1. The maximum absolute atomic E-state index is 12.6. The molecule has 21 heavy (non-hydrogen) atoms. The van der Waals surface area contributed by atoms with Crippen molar-refractivity contribution in [1.82, 2.24) is 4.90 Å². The Labute approximate surface area is 130 Å². The van der Waals surface area contributed by atoms with Crippen molar-refractivity contribution in [3.8, 4) is 0 Å². The lowest BCUT2D eigenvalue weighted by Gasteiger charge is -2.34. The third kappa shape index (κ3) is 3.39. The number of carbonyl (C=O) groups is 1. The maximum Gasteiger partial charge on any atom is 0.225 e. The van der Waals surface area contributed by atoms with Crippen LogP contribution in [0.4, 0.5) is 0 Å². The number of carbonyl (C=O) groups excluding carboxylic acids is 1. The molecule has 0 unspecified atom stereocenters. The van der Waals surface area contributed by atoms with Crippen LogP contribution in [0.15, 0.2) is 24.3 Å². The van der Waals surface area contributed by atoms with Gasteiger partial charge in [0.1, 0.15) is 6.10 Å². The lowest BCUT2D eigenvalue weighted by Crippen LogP contribution is -2.44. The fourth-order valence-electron chi connectivity index (χ4n) is 3.23. The molecule has 1 aromatic rings. The van der Waals surface area contributed by atoms with Gasteiger partial charge in [-0.1, -0.05) is 23.7 Å². The molecule has 0 aromatic heterocycles. The number of hydrogen-bond acceptors (Lipinski definition) is 3. The van der Waals surface area contributed by atoms with E-state index in [0.29, 0.717) is 24.7 Å². The monoisotopic (exact) mass is 308 g/mol. The molecule has 1 amide bonds. The van der Waals surface area contributed by atoms with Crippen LogP contribution < -0.4 is 5.73 Å². The molecule has 114 valence electrons. The van der Waals surface area contributed by atoms with E-state index in [-0.39, 0.29) is 24.0 Å². The van der Waals surface area contributed by atoms with E-state index in [1.165, 1.54) is 0 Å². The van der Waals surface area contributed by atoms with Gasteiger partial charge >= 0.3 is 0 Å². The van der Waals surface area contributed by atoms with Crippen LogP contribution in [-0.2, 0) is 9.53 Å². The van der Waals surface area contributed by atoms with Crippen LogP contribution in [0.3, 0.4) is 0 Å². The summed E-state index contributed by atoms with van der Waals surface area (Å²) in [5.74, 6) is 0.342. The van der Waals surface area contributed by atoms with Gasteiger partial charge in [0.05, 0.1) is 13.2 Å². The summed E-state index contributed by atoms with van der Waals surface area (Å²) in [6.07, 6.45) is 2.64. The molecule has 1 aromatic carbocycles. The minimum atomic E-state index is -0.0601. The predicted octanol–water partition coefficient (Wildman–Crippen LogP) is 2.37. The van der Waals surface area contributed by atoms with Crippen LogP contribution in [0.2, 0.25) is 5.02 Å². The highest BCUT2D eigenvalue weighted by molar-refractivity contribution is 6.30. The van der Waals surface area contributed by atoms with Gasteiger partial charge < -0.3 is 15.4 Å². The van der Waals surface area contributed by atoms with Gasteiger partial charge in [0.2, 0.25) is 5.91 Å². The van der Waals surface area contributed by atoms with Gasteiger partial charge in [-0.15, -0.1) is 0 Å². The lowest BCUT2D eigenvalue weighted by molar-refractivity contribution is -0.143. The molecular formula is C16H21ClN2O2. The largest absolute Gasteiger partial charge is 0.370 e. The zero-order valence-corrected chi connectivity index (χ0v) is 12.8. The molecule has 3 rings (SSSR count). The predicted molar refractivity (Wildman–Crippen MR) is 82.0 cm³/mol. The van der Waals surface area contributed by atoms with Crippen molar-refractivity contribution in [2.75, 3.05) is 19.7 Å². The van der Waals surface area contributed by atoms with E-state index in [1.807, 2.05) is 29.2 Å². The maximum atomic E-state index is 12.6. The summed E-state index contributed by atoms with van der Waals surface area (Å²) in [6.45, 7) is 1.87. The molecule has 3 atom stereocenters. The summed E-state index contributed by atoms with van der Waals surface area (Å²) in [5, 5.41) is 0.711. The average molecular weight is 309 g/mol. The first kappa shape index (κ1) is 14.8. The first-order valence-electron chi connectivity index (χ1n) is 7.55. The van der Waals surface area contributed by atoms with Gasteiger partial charge in [0.25, 0.3) is 0 Å². The van der Waals surface area contributed by atoms with Gasteiger partial charge in [0.15, 0.2) is 0 Å². The minimum Gasteiger partial charge on any atom is -0.370 e. The topological polar surface area (TPSA) is 55.6 Å². The summed E-state index contributed by atoms with van der Waals surface area (Å²) in [5.41, 5.74) is 6.99. The summed E-state index contributed by atoms with van der Waals surface area (Å²) >= 11 is 5.91. The second kappa shape index (κ2) is 6.34. The highest BCUT2D eigenvalue weighted by atomic mass is 35.5. The second-order valence-corrected chi connectivity index (χ2v) is 6.40. The standard InChI is InChI=1S/C16H21ClN2O2/c17-13-4-1-11(2-5-13)15-10-19(7-8-21-15)16(20)12-3-6-14(18)9-12/h1-2,4-5,12,14-15H,3,6-10,18H2/t12-,14-,15-/m1/s1. The molecule has 2 N–H and O–H groups in total. The molecule has 1 heterocycles. The first-order valence-corrected chi connectivity index (χ1v) is 7.92. The Balaban J connectivity index is 1.65. The molecule has 1 aliphatic heterocycles. The van der Waals surface area contributed by atoms with E-state index in [4.69, 9.17) is 22.1 Å². The minimum absolute atomic E-state index is 0.0601. The van der Waals surface area contributed by atoms with Crippen molar-refractivity contribution >= 4 is 17.5 Å². The molecule has 1 aliphatic carbocycles. The van der Waals surface area contributed by atoms with Crippen LogP contribution in [0.5, 0.6) is 0 Å². The lowest BCUT2D eigenvalue weighted by atomic mass is 10.0. The number of rotatable bonds is 2. The highest BCUT2D eigenvalue weighted by Crippen LogP contribution is 2.29. The smallest absolute Gasteiger partial charge is 0.225 e. The molecule has 2 fully saturated rings. The van der Waals surface area contributed by atoms with E-state index in [9.17, 15) is 4.79 Å². The zero-order chi connectivity index (χ0) is 14.8. The van der Waals surface area contributed by atoms with Crippen molar-refractivity contribution in [3.63, 3.8) is 0 Å². The Morgan fingerprint density at radius 2 is 2.05 bits per heavy atom. The molecular weight excluding hydrogens is 288 g/mol. The molecule has 4 nitrogen and oxygen atoms in total. The van der Waals surface area contributed by atoms with E-state index in [0.717, 1.165) is 24.8 Å². The number of morpholine rings is 1. The van der Waals surface area contributed by atoms with Gasteiger partial charge in [-0.3, -0.25) is 4.79 Å². The van der Waals surface area contributed by atoms with Crippen LogP contribution in [0.25, 0.3) is 0 Å². The number of benzene rings is 1. The van der Waals surface area contributed by atoms with Gasteiger partial charge in [-0.25, -0.2) is 0 Å². The quantitative estimate of drug-likeness (QED) is 0.912. The average Bonchev–Trinajstić information content (AvgIpc) is 2.94. The van der Waals surface area contributed by atoms with Gasteiger partial charge in [-0.05, 0) is 37.0 Å². The Bertz CT molecular complexity index is 506. The molecule has 0 radical (unpaired) electrons. The van der Waals surface area contributed by atoms with E-state index < -0.39 is 0 Å². The summed E-state index contributed by atoms with van der Waals surface area (Å²) < 4.78 is 5.81. The Hall–Kier alpha value is -1.10. The Morgan fingerprint density at radius 3 is 2.71 bits per heavy atom. The van der Waals surface area contributed by atoms with Crippen molar-refractivity contribution in [2.45, 2.75) is 31.4 Å². The summed E-state index contributed by atoms with van der Waals surface area (Å²) in [6, 6.07) is 7.83. The van der Waals surface area contributed by atoms with Gasteiger partial charge in [0, 0.05) is 23.5 Å². The third-order valence-corrected chi connectivity index (χ3v) is 4.69. The molecule has 0 bridgehead atoms. The number of ether oxygens (including phenoxy) is 1. The molecule has 1 saturated carbocycles. The third-order valence-electron chi connectivity index (χ3n) is 4.44. The van der Waals surface area contributed by atoms with Crippen LogP contribution in [0, 0.1) is 5.92 Å². The number of halogens is 1. The fourth-order valence-corrected chi connectivity index (χ4v) is 3.35. The normalized spacial score (nSPS) is 29.6. The highest BCUT2D eigenvalue weighted by Gasteiger charge is 2.33. The van der Waals surface area contributed by atoms with Crippen LogP contribution in [-0.4, -0.2) is 36.5 Å². The molecule has 0 spiro atoms. The SMILES string of the molecule is N[C@@H]1CC[C@@H](C(=O)N2CCO[C@@H](c3ccc(Cl)cc3)C2)C1. The fraction of sp³-hybridized carbons (Fsp3) is 0.562. The number of nitrogens with two attached hydrogens (primary N) is 1. The van der Waals surface area contributed by atoms with Crippen LogP contribution >= 0.6 is 11.6 Å². The number of amides is 1. The van der Waals surface area contributed by atoms with Crippen molar-refractivity contribution in [3.05, 3.63) is 34.9 Å². The number of hydrogen-bond donors (Lipinski definition) is 1. The van der Waals surface area contributed by atoms with Crippen molar-refractivity contribution in [2.24, 2.45) is 11.7 Å². The zero-order valence-electron chi connectivity index (χ0n) is 12.0. The van der Waals surface area contributed by atoms with Crippen molar-refractivity contribution < 1.29 is 9.53 Å². The van der Waals surface area contributed by atoms with Gasteiger partial charge in [-0.2, -0.15) is 0 Å². The molecule has 1 saturated heterocycles. The Morgan fingerprint density at radius 1 is 1.29 bits per heavy atom. The van der Waals surface area contributed by atoms with E-state index in [2.05, 4.69) is 0 Å². The van der Waals surface area contributed by atoms with E-state index in [1.54, 1.807) is 0 Å². The number of nitrogens with zero attached hydrogens (tertiary/aromatic N) is 1. The molecule has 5 heteroatoms. The Kier molecular flexibility index (Phi) is 4.48. The summed E-state index contributed by atoms with van der Waals surface area (Å²) in [7, 11) is 0. The summed E-state index contributed by atoms with van der Waals surface area (Å²) in [4.78, 5) is 14.5. The second-order valence-electron chi connectivity index (χ2n) is 5.97. The van der Waals surface area contributed by atoms with Crippen molar-refractivity contribution in [1.29, 1.82) is 0 Å². The van der Waals surface area contributed by atoms with E-state index >= 15 is 0 Å². The van der Waals surface area contributed by atoms with Crippen LogP contribution in [0.1, 0.15) is 30.9 Å².